The number of nitrogen functional groups attached to an aromatic ring is 1. The summed E-state index contributed by atoms with van der Waals surface area (Å²) in [6, 6.07) is 5.13. The molecule has 0 radical (unpaired) electrons. The van der Waals surface area contributed by atoms with Crippen molar-refractivity contribution in [3.05, 3.63) is 23.8 Å². The maximum atomic E-state index is 11.7. The summed E-state index contributed by atoms with van der Waals surface area (Å²) in [7, 11) is 4.06. The van der Waals surface area contributed by atoms with Crippen molar-refractivity contribution in [2.24, 2.45) is 0 Å². The first-order chi connectivity index (χ1) is 9.27. The van der Waals surface area contributed by atoms with Gasteiger partial charge in [0.15, 0.2) is 0 Å². The summed E-state index contributed by atoms with van der Waals surface area (Å²) >= 11 is 0. The number of likely N-dealkylation sites (N-methyl/N-ethyl adjacent to an activating group) is 1. The Hall–Kier alpha value is -1.75. The molecule has 0 atom stereocenters. The number of benzene rings is 1. The lowest BCUT2D eigenvalue weighted by Gasteiger charge is -2.33. The number of nitrogens with one attached hydrogen (secondary N) is 1. The zero-order chi connectivity index (χ0) is 15.3. The van der Waals surface area contributed by atoms with Crippen molar-refractivity contribution in [2.45, 2.75) is 26.3 Å². The van der Waals surface area contributed by atoms with Gasteiger partial charge in [-0.3, -0.25) is 0 Å². The second-order valence-corrected chi connectivity index (χ2v) is 5.58. The summed E-state index contributed by atoms with van der Waals surface area (Å²) in [4.78, 5) is 13.8. The van der Waals surface area contributed by atoms with Crippen LogP contribution in [0.4, 0.5) is 11.4 Å². The maximum Gasteiger partial charge on any atom is 0.338 e. The van der Waals surface area contributed by atoms with Gasteiger partial charge >= 0.3 is 5.97 Å². The molecule has 3 N–H and O–H groups in total. The first-order valence-electron chi connectivity index (χ1n) is 6.76. The molecular weight excluding hydrogens is 254 g/mol. The zero-order valence-corrected chi connectivity index (χ0v) is 13.0. The Morgan fingerprint density at radius 1 is 1.40 bits per heavy atom. The first kappa shape index (κ1) is 16.3. The van der Waals surface area contributed by atoms with Crippen molar-refractivity contribution in [3.63, 3.8) is 0 Å². The second kappa shape index (κ2) is 6.61. The Bertz CT molecular complexity index is 470. The normalized spacial score (nSPS) is 11.5. The molecule has 0 unspecified atom stereocenters. The third kappa shape index (κ3) is 4.13. The van der Waals surface area contributed by atoms with Crippen molar-refractivity contribution >= 4 is 17.3 Å². The minimum atomic E-state index is -0.331. The summed E-state index contributed by atoms with van der Waals surface area (Å²) in [5, 5.41) is 3.30. The Kier molecular flexibility index (Phi) is 5.39. The standard InChI is InChI=1S/C15H25N3O2/c1-6-20-14(19)11-7-8-12(16)13(9-11)17-10-15(2,3)18(4)5/h7-9,17H,6,10,16H2,1-5H3. The van der Waals surface area contributed by atoms with E-state index >= 15 is 0 Å². The molecule has 112 valence electrons. The van der Waals surface area contributed by atoms with Crippen molar-refractivity contribution in [1.29, 1.82) is 0 Å². The molecule has 0 saturated heterocycles. The molecule has 0 fully saturated rings. The van der Waals surface area contributed by atoms with E-state index in [0.717, 1.165) is 12.2 Å². The lowest BCUT2D eigenvalue weighted by Crippen LogP contribution is -2.44. The fourth-order valence-corrected chi connectivity index (χ4v) is 1.52. The minimum absolute atomic E-state index is 0.0215. The van der Waals surface area contributed by atoms with Crippen LogP contribution in [0, 0.1) is 0 Å². The third-order valence-electron chi connectivity index (χ3n) is 3.49. The van der Waals surface area contributed by atoms with Crippen LogP contribution in [0.25, 0.3) is 0 Å². The van der Waals surface area contributed by atoms with Crippen LogP contribution >= 0.6 is 0 Å². The van der Waals surface area contributed by atoms with Gasteiger partial charge in [0.05, 0.1) is 23.5 Å². The molecule has 5 heteroatoms. The van der Waals surface area contributed by atoms with Gasteiger partial charge in [-0.15, -0.1) is 0 Å². The SMILES string of the molecule is CCOC(=O)c1ccc(N)c(NCC(C)(C)N(C)C)c1. The van der Waals surface area contributed by atoms with Crippen molar-refractivity contribution in [3.8, 4) is 0 Å². The number of rotatable bonds is 6. The van der Waals surface area contributed by atoms with E-state index < -0.39 is 0 Å². The molecule has 0 saturated carbocycles. The molecule has 1 aromatic rings. The van der Waals surface area contributed by atoms with Gasteiger partial charge in [0.1, 0.15) is 0 Å². The monoisotopic (exact) mass is 279 g/mol. The van der Waals surface area contributed by atoms with Gasteiger partial charge in [0.25, 0.3) is 0 Å². The van der Waals surface area contributed by atoms with Crippen LogP contribution in [0.15, 0.2) is 18.2 Å². The van der Waals surface area contributed by atoms with E-state index in [-0.39, 0.29) is 11.5 Å². The summed E-state index contributed by atoms with van der Waals surface area (Å²) in [5.41, 5.74) is 7.80. The molecule has 0 aliphatic rings. The molecule has 0 aromatic heterocycles. The third-order valence-corrected chi connectivity index (χ3v) is 3.49. The Labute approximate surface area is 121 Å². The van der Waals surface area contributed by atoms with Crippen molar-refractivity contribution < 1.29 is 9.53 Å². The molecular formula is C15H25N3O2. The van der Waals surface area contributed by atoms with Crippen LogP contribution in [0.1, 0.15) is 31.1 Å². The number of hydrogen-bond acceptors (Lipinski definition) is 5. The van der Waals surface area contributed by atoms with Gasteiger partial charge in [0.2, 0.25) is 0 Å². The molecule has 0 amide bonds. The zero-order valence-electron chi connectivity index (χ0n) is 13.0. The van der Waals surface area contributed by atoms with Crippen LogP contribution in [0.5, 0.6) is 0 Å². The maximum absolute atomic E-state index is 11.7. The highest BCUT2D eigenvalue weighted by molar-refractivity contribution is 5.92. The quantitative estimate of drug-likeness (QED) is 0.617. The Morgan fingerprint density at radius 3 is 2.60 bits per heavy atom. The van der Waals surface area contributed by atoms with Gasteiger partial charge in [-0.25, -0.2) is 4.79 Å². The van der Waals surface area contributed by atoms with Crippen molar-refractivity contribution in [2.75, 3.05) is 38.3 Å². The first-order valence-corrected chi connectivity index (χ1v) is 6.76. The molecule has 1 aromatic carbocycles. The fourth-order valence-electron chi connectivity index (χ4n) is 1.52. The van der Waals surface area contributed by atoms with Crippen LogP contribution < -0.4 is 11.1 Å². The molecule has 0 bridgehead atoms. The molecule has 5 nitrogen and oxygen atoms in total. The van der Waals surface area contributed by atoms with Gasteiger partial charge in [0, 0.05) is 12.1 Å². The summed E-state index contributed by atoms with van der Waals surface area (Å²) in [6.45, 7) is 7.13. The number of ether oxygens (including phenoxy) is 1. The van der Waals surface area contributed by atoms with E-state index in [1.165, 1.54) is 0 Å². The van der Waals surface area contributed by atoms with Gasteiger partial charge in [-0.1, -0.05) is 0 Å². The topological polar surface area (TPSA) is 67.6 Å². The average Bonchev–Trinajstić information content (AvgIpc) is 2.37. The van der Waals surface area contributed by atoms with Crippen LogP contribution in [0.2, 0.25) is 0 Å². The predicted octanol–water partition coefficient (Wildman–Crippen LogP) is 2.20. The number of nitrogens with zero attached hydrogens (tertiary/aromatic N) is 1. The largest absolute Gasteiger partial charge is 0.462 e. The summed E-state index contributed by atoms with van der Waals surface area (Å²) in [6.07, 6.45) is 0. The number of carbonyl (C=O) groups is 1. The number of esters is 1. The second-order valence-electron chi connectivity index (χ2n) is 5.58. The lowest BCUT2D eigenvalue weighted by molar-refractivity contribution is 0.0526. The van der Waals surface area contributed by atoms with Crippen molar-refractivity contribution in [1.82, 2.24) is 4.90 Å². The van der Waals surface area contributed by atoms with Gasteiger partial charge in [-0.05, 0) is 53.1 Å². The van der Waals surface area contributed by atoms with Gasteiger partial charge < -0.3 is 20.7 Å². The smallest absolute Gasteiger partial charge is 0.338 e. The minimum Gasteiger partial charge on any atom is -0.462 e. The molecule has 20 heavy (non-hydrogen) atoms. The van der Waals surface area contributed by atoms with E-state index in [2.05, 4.69) is 24.1 Å². The number of hydrogen-bond donors (Lipinski definition) is 2. The van der Waals surface area contributed by atoms with Crippen LogP contribution in [-0.2, 0) is 4.74 Å². The summed E-state index contributed by atoms with van der Waals surface area (Å²) < 4.78 is 4.99. The highest BCUT2D eigenvalue weighted by Gasteiger charge is 2.20. The van der Waals surface area contributed by atoms with E-state index in [1.54, 1.807) is 25.1 Å². The fraction of sp³-hybridized carbons (Fsp3) is 0.533. The van der Waals surface area contributed by atoms with Crippen LogP contribution in [-0.4, -0.2) is 43.7 Å². The average molecular weight is 279 g/mol. The van der Waals surface area contributed by atoms with Crippen LogP contribution in [0.3, 0.4) is 0 Å². The highest BCUT2D eigenvalue weighted by atomic mass is 16.5. The summed E-state index contributed by atoms with van der Waals surface area (Å²) in [5.74, 6) is -0.331. The molecule has 0 heterocycles. The lowest BCUT2D eigenvalue weighted by atomic mass is 10.0. The molecule has 0 aliphatic carbocycles. The van der Waals surface area contributed by atoms with E-state index in [9.17, 15) is 4.79 Å². The van der Waals surface area contributed by atoms with Gasteiger partial charge in [-0.2, -0.15) is 0 Å². The van der Waals surface area contributed by atoms with E-state index in [4.69, 9.17) is 10.5 Å². The molecule has 0 spiro atoms. The van der Waals surface area contributed by atoms with E-state index in [1.807, 2.05) is 14.1 Å². The number of carbonyl (C=O) groups excluding carboxylic acids is 1. The molecule has 1 rings (SSSR count). The predicted molar refractivity (Wildman–Crippen MR) is 83.1 cm³/mol. The number of nitrogens with two attached hydrogens (primary N) is 1. The van der Waals surface area contributed by atoms with E-state index in [0.29, 0.717) is 17.9 Å². The number of anilines is 2. The molecule has 0 aliphatic heterocycles. The Balaban J connectivity index is 2.85. The highest BCUT2D eigenvalue weighted by Crippen LogP contribution is 2.22. The Morgan fingerprint density at radius 2 is 2.05 bits per heavy atom.